The number of ether oxygens (including phenoxy) is 1. The van der Waals surface area contributed by atoms with E-state index in [0.717, 1.165) is 0 Å². The molecule has 0 bridgehead atoms. The molecule has 0 unspecified atom stereocenters. The van der Waals surface area contributed by atoms with Crippen LogP contribution in [0.25, 0.3) is 11.2 Å². The largest absolute Gasteiger partial charge is 0.394 e. The Morgan fingerprint density at radius 2 is 2.17 bits per heavy atom. The average molecular weight is 268 g/mol. The molecule has 0 radical (unpaired) electrons. The van der Waals surface area contributed by atoms with Gasteiger partial charge in [0.25, 0.3) is 5.56 Å². The number of nitrogens with one attached hydrogen (secondary N) is 1. The van der Waals surface area contributed by atoms with Crippen molar-refractivity contribution >= 4 is 23.4 Å². The third kappa shape index (κ3) is 2.61. The van der Waals surface area contributed by atoms with Gasteiger partial charge in [0.2, 0.25) is 0 Å². The Morgan fingerprint density at radius 3 is 2.94 bits per heavy atom. The van der Waals surface area contributed by atoms with E-state index in [1.165, 1.54) is 17.0 Å². The minimum Gasteiger partial charge on any atom is -0.394 e. The number of hydrogen-bond donors (Lipinski definition) is 2. The molecule has 7 nitrogen and oxygen atoms in total. The van der Waals surface area contributed by atoms with Gasteiger partial charge in [0, 0.05) is 12.4 Å². The Morgan fingerprint density at radius 1 is 1.39 bits per heavy atom. The first-order valence-electron chi connectivity index (χ1n) is 5.36. The number of aliphatic hydroxyl groups is 1. The van der Waals surface area contributed by atoms with E-state index >= 15 is 0 Å². The smallest absolute Gasteiger partial charge is 0.282 e. The van der Waals surface area contributed by atoms with Crippen LogP contribution in [-0.2, 0) is 11.3 Å². The summed E-state index contributed by atoms with van der Waals surface area (Å²) >= 11 is 5.08. The number of aromatic nitrogens is 4. The molecule has 0 aromatic carbocycles. The van der Waals surface area contributed by atoms with E-state index in [1.54, 1.807) is 0 Å². The predicted molar refractivity (Wildman–Crippen MR) is 66.9 cm³/mol. The number of H-pyrrole nitrogens is 1. The van der Waals surface area contributed by atoms with Crippen molar-refractivity contribution in [3.8, 4) is 0 Å². The van der Waals surface area contributed by atoms with Crippen LogP contribution < -0.4 is 5.56 Å². The Hall–Kier alpha value is -1.64. The van der Waals surface area contributed by atoms with Gasteiger partial charge < -0.3 is 14.8 Å². The van der Waals surface area contributed by atoms with Gasteiger partial charge in [-0.25, -0.2) is 9.97 Å². The lowest BCUT2D eigenvalue weighted by Gasteiger charge is -2.07. The van der Waals surface area contributed by atoms with Crippen molar-refractivity contribution in [2.75, 3.05) is 19.8 Å². The highest BCUT2D eigenvalue weighted by atomic mass is 32.1. The number of hydrogen-bond acceptors (Lipinski definition) is 6. The van der Waals surface area contributed by atoms with E-state index in [0.29, 0.717) is 18.8 Å². The molecular formula is C10H12N4O3S. The summed E-state index contributed by atoms with van der Waals surface area (Å²) in [5.74, 6) is 0. The topological polar surface area (TPSA) is 93.0 Å². The van der Waals surface area contributed by atoms with Gasteiger partial charge in [-0.2, -0.15) is 0 Å². The number of fused-ring (bicyclic) bond motifs is 1. The summed E-state index contributed by atoms with van der Waals surface area (Å²) in [6.07, 6.45) is 2.94. The van der Waals surface area contributed by atoms with Gasteiger partial charge in [-0.1, -0.05) is 0 Å². The van der Waals surface area contributed by atoms with E-state index in [9.17, 15) is 4.79 Å². The monoisotopic (exact) mass is 268 g/mol. The third-order valence-electron chi connectivity index (χ3n) is 2.31. The van der Waals surface area contributed by atoms with Crippen LogP contribution in [0, 0.1) is 4.77 Å². The first kappa shape index (κ1) is 12.8. The molecule has 8 heteroatoms. The summed E-state index contributed by atoms with van der Waals surface area (Å²) in [5.41, 5.74) is 0.322. The molecule has 18 heavy (non-hydrogen) atoms. The molecule has 2 aromatic rings. The summed E-state index contributed by atoms with van der Waals surface area (Å²) in [7, 11) is 0. The maximum absolute atomic E-state index is 12.1. The zero-order valence-corrected chi connectivity index (χ0v) is 10.3. The molecule has 2 N–H and O–H groups in total. The minimum atomic E-state index is -0.297. The number of aliphatic hydroxyl groups excluding tert-OH is 1. The number of nitrogens with zero attached hydrogens (tertiary/aromatic N) is 3. The van der Waals surface area contributed by atoms with Crippen LogP contribution in [0.1, 0.15) is 0 Å². The van der Waals surface area contributed by atoms with Crippen molar-refractivity contribution in [1.29, 1.82) is 0 Å². The molecule has 0 saturated heterocycles. The Bertz CT molecular complexity index is 651. The lowest BCUT2D eigenvalue weighted by atomic mass is 10.5. The second-order valence-electron chi connectivity index (χ2n) is 3.48. The van der Waals surface area contributed by atoms with Crippen LogP contribution in [-0.4, -0.2) is 44.4 Å². The van der Waals surface area contributed by atoms with Crippen LogP contribution >= 0.6 is 12.2 Å². The molecule has 0 fully saturated rings. The van der Waals surface area contributed by atoms with E-state index in [4.69, 9.17) is 22.1 Å². The Kier molecular flexibility index (Phi) is 4.13. The Balaban J connectivity index is 2.33. The standard InChI is InChI=1S/C10H12N4O3S/c15-4-6-17-5-3-14-9(16)7-8(13-10(14)18)12-2-1-11-7/h1-2,15H,3-6H2,(H,12,13,18). The maximum atomic E-state index is 12.1. The molecule has 96 valence electrons. The van der Waals surface area contributed by atoms with Gasteiger partial charge in [0.15, 0.2) is 15.9 Å². The molecule has 0 aliphatic heterocycles. The van der Waals surface area contributed by atoms with Gasteiger partial charge >= 0.3 is 0 Å². The van der Waals surface area contributed by atoms with Crippen LogP contribution in [0.5, 0.6) is 0 Å². The summed E-state index contributed by atoms with van der Waals surface area (Å²) < 4.78 is 6.75. The van der Waals surface area contributed by atoms with Crippen molar-refractivity contribution in [1.82, 2.24) is 19.5 Å². The molecular weight excluding hydrogens is 256 g/mol. The molecule has 0 atom stereocenters. The summed E-state index contributed by atoms with van der Waals surface area (Å²) in [5, 5.41) is 8.58. The lowest BCUT2D eigenvalue weighted by molar-refractivity contribution is 0.0863. The van der Waals surface area contributed by atoms with Gasteiger partial charge in [0.05, 0.1) is 26.4 Å². The van der Waals surface area contributed by atoms with Crippen molar-refractivity contribution in [3.63, 3.8) is 0 Å². The van der Waals surface area contributed by atoms with E-state index < -0.39 is 0 Å². The van der Waals surface area contributed by atoms with Gasteiger partial charge in [-0.05, 0) is 12.2 Å². The second kappa shape index (κ2) is 5.80. The molecule has 0 saturated carbocycles. The first-order chi connectivity index (χ1) is 8.74. The normalized spacial score (nSPS) is 10.9. The Labute approximate surface area is 107 Å². The predicted octanol–water partition coefficient (Wildman–Crippen LogP) is -0.142. The molecule has 2 heterocycles. The van der Waals surface area contributed by atoms with Crippen LogP contribution in [0.4, 0.5) is 0 Å². The van der Waals surface area contributed by atoms with E-state index in [1.807, 2.05) is 0 Å². The SMILES string of the molecule is O=c1c2nccnc2[nH]c(=S)n1CCOCCO. The van der Waals surface area contributed by atoms with Gasteiger partial charge in [-0.15, -0.1) is 0 Å². The zero-order valence-electron chi connectivity index (χ0n) is 9.50. The summed E-state index contributed by atoms with van der Waals surface area (Å²) in [6.45, 7) is 0.786. The van der Waals surface area contributed by atoms with Gasteiger partial charge in [-0.3, -0.25) is 9.36 Å². The maximum Gasteiger partial charge on any atom is 0.282 e. The first-order valence-corrected chi connectivity index (χ1v) is 5.77. The fourth-order valence-electron chi connectivity index (χ4n) is 1.50. The van der Waals surface area contributed by atoms with Crippen LogP contribution in [0.15, 0.2) is 17.2 Å². The van der Waals surface area contributed by atoms with E-state index in [2.05, 4.69) is 15.0 Å². The van der Waals surface area contributed by atoms with Crippen LogP contribution in [0.3, 0.4) is 0 Å². The minimum absolute atomic E-state index is 0.0506. The van der Waals surface area contributed by atoms with E-state index in [-0.39, 0.29) is 29.1 Å². The molecule has 2 aromatic heterocycles. The number of aromatic amines is 1. The number of rotatable bonds is 5. The van der Waals surface area contributed by atoms with Crippen molar-refractivity contribution < 1.29 is 9.84 Å². The van der Waals surface area contributed by atoms with Gasteiger partial charge in [0.1, 0.15) is 0 Å². The highest BCUT2D eigenvalue weighted by molar-refractivity contribution is 7.71. The quantitative estimate of drug-likeness (QED) is 0.579. The highest BCUT2D eigenvalue weighted by Gasteiger charge is 2.06. The zero-order chi connectivity index (χ0) is 13.0. The highest BCUT2D eigenvalue weighted by Crippen LogP contribution is 1.98. The molecule has 2 rings (SSSR count). The molecule has 0 amide bonds. The van der Waals surface area contributed by atoms with Crippen molar-refractivity contribution in [2.24, 2.45) is 0 Å². The third-order valence-corrected chi connectivity index (χ3v) is 2.63. The van der Waals surface area contributed by atoms with Crippen molar-refractivity contribution in [3.05, 3.63) is 27.5 Å². The summed E-state index contributed by atoms with van der Waals surface area (Å²) in [4.78, 5) is 22.9. The second-order valence-corrected chi connectivity index (χ2v) is 3.86. The molecule has 0 aliphatic rings. The van der Waals surface area contributed by atoms with Crippen LogP contribution in [0.2, 0.25) is 0 Å². The fourth-order valence-corrected chi connectivity index (χ4v) is 1.77. The fraction of sp³-hybridized carbons (Fsp3) is 0.400. The summed E-state index contributed by atoms with van der Waals surface area (Å²) in [6, 6.07) is 0. The lowest BCUT2D eigenvalue weighted by Crippen LogP contribution is -2.25. The molecule has 0 aliphatic carbocycles. The average Bonchev–Trinajstić information content (AvgIpc) is 2.38. The molecule has 0 spiro atoms. The van der Waals surface area contributed by atoms with Crippen molar-refractivity contribution in [2.45, 2.75) is 6.54 Å².